The number of ether oxygens (including phenoxy) is 3. The van der Waals surface area contributed by atoms with Crippen molar-refractivity contribution in [1.82, 2.24) is 28.7 Å². The van der Waals surface area contributed by atoms with E-state index in [4.69, 9.17) is 75.5 Å². The number of aromatic nitrogens is 6. The molecule has 0 fully saturated rings. The van der Waals surface area contributed by atoms with Gasteiger partial charge in [0.05, 0.1) is 44.6 Å². The summed E-state index contributed by atoms with van der Waals surface area (Å²) in [6.45, 7) is 2.20. The SMILES string of the molecule is COc1ccc(-n2c(=O)c3c(O)c(Sc4nc5ccc(Cl)cc5o4)c(=O)oc3c3cc(OC)ccc32)cc1.COc1ccc(-n2c3c(c4oc(=O)c(Sc5nc6ccc(Cl)cc6o5)c(O)c4c2=O)CCc2ccccc2-3)cc1.Cc1ccc2c3oc(=O)c(Sc4nc5ccc(Cl)cc5o4)c(O)c3c(=O)n(Cc3ccccc3)c2c1. The first-order valence-corrected chi connectivity index (χ1v) is 38.1. The number of pyridine rings is 3. The van der Waals surface area contributed by atoms with E-state index in [2.05, 4.69) is 15.0 Å². The highest BCUT2D eigenvalue weighted by molar-refractivity contribution is 7.99. The maximum Gasteiger partial charge on any atom is 0.354 e. The molecule has 24 nitrogen and oxygen atoms in total. The van der Waals surface area contributed by atoms with Gasteiger partial charge in [0.25, 0.3) is 32.3 Å². The van der Waals surface area contributed by atoms with Gasteiger partial charge in [-0.2, -0.15) is 0 Å². The minimum atomic E-state index is -0.856. The normalized spacial score (nSPS) is 11.9. The number of hydrogen-bond acceptors (Lipinski definition) is 24. The van der Waals surface area contributed by atoms with Gasteiger partial charge in [-0.1, -0.05) is 95.5 Å². The Morgan fingerprint density at radius 2 is 0.877 bits per heavy atom. The first kappa shape index (κ1) is 73.9. The van der Waals surface area contributed by atoms with Gasteiger partial charge in [-0.15, -0.1) is 0 Å². The average Bonchev–Trinajstić information content (AvgIpc) is 0.913. The lowest BCUT2D eigenvalue weighted by atomic mass is 9.87. The summed E-state index contributed by atoms with van der Waals surface area (Å²) in [6, 6.07) is 56.7. The molecule has 0 amide bonds. The van der Waals surface area contributed by atoms with Crippen LogP contribution in [-0.4, -0.2) is 65.3 Å². The molecular formula is C84H53Cl3N6O18S3. The van der Waals surface area contributed by atoms with E-state index >= 15 is 0 Å². The summed E-state index contributed by atoms with van der Waals surface area (Å²) in [7, 11) is 4.61. The second kappa shape index (κ2) is 30.0. The Hall–Kier alpha value is -12.9. The largest absolute Gasteiger partial charge is 0.505 e. The van der Waals surface area contributed by atoms with E-state index in [1.165, 1.54) is 11.7 Å². The topological polar surface area (TPSA) is 323 Å². The summed E-state index contributed by atoms with van der Waals surface area (Å²) < 4.78 is 54.6. The Morgan fingerprint density at radius 1 is 0.430 bits per heavy atom. The molecule has 0 radical (unpaired) electrons. The molecule has 18 aromatic rings. The summed E-state index contributed by atoms with van der Waals surface area (Å²) in [4.78, 5) is 93.5. The highest BCUT2D eigenvalue weighted by atomic mass is 35.5. The maximum absolute atomic E-state index is 14.2. The van der Waals surface area contributed by atoms with Gasteiger partial charge in [0, 0.05) is 66.5 Å². The third-order valence-corrected chi connectivity index (χ3v) is 22.4. The van der Waals surface area contributed by atoms with Crippen molar-refractivity contribution in [2.24, 2.45) is 0 Å². The molecule has 0 atom stereocenters. The van der Waals surface area contributed by atoms with Crippen LogP contribution in [-0.2, 0) is 19.4 Å². The summed E-state index contributed by atoms with van der Waals surface area (Å²) in [5, 5.41) is 36.2. The van der Waals surface area contributed by atoms with Crippen LogP contribution in [0.25, 0.3) is 111 Å². The second-order valence-electron chi connectivity index (χ2n) is 25.8. The smallest absolute Gasteiger partial charge is 0.354 e. The van der Waals surface area contributed by atoms with Crippen molar-refractivity contribution in [3.05, 3.63) is 294 Å². The van der Waals surface area contributed by atoms with Crippen molar-refractivity contribution < 1.29 is 56.0 Å². The summed E-state index contributed by atoms with van der Waals surface area (Å²) >= 11 is 20.4. The quantitative estimate of drug-likeness (QED) is 0.0903. The molecule has 114 heavy (non-hydrogen) atoms. The van der Waals surface area contributed by atoms with Crippen LogP contribution in [0.2, 0.25) is 15.1 Å². The zero-order valence-electron chi connectivity index (χ0n) is 59.6. The molecule has 0 saturated carbocycles. The van der Waals surface area contributed by atoms with Crippen molar-refractivity contribution in [2.75, 3.05) is 21.3 Å². The van der Waals surface area contributed by atoms with E-state index in [0.717, 1.165) is 57.5 Å². The zero-order valence-corrected chi connectivity index (χ0v) is 64.3. The highest BCUT2D eigenvalue weighted by Crippen LogP contribution is 2.45. The summed E-state index contributed by atoms with van der Waals surface area (Å²) in [6.07, 6.45) is 1.20. The summed E-state index contributed by atoms with van der Waals surface area (Å²) in [5.41, 5.74) is 6.12. The van der Waals surface area contributed by atoms with Crippen LogP contribution in [0, 0.1) is 6.92 Å². The predicted octanol–water partition coefficient (Wildman–Crippen LogP) is 18.3. The van der Waals surface area contributed by atoms with Crippen LogP contribution in [0.3, 0.4) is 0 Å². The Balaban J connectivity index is 0.000000124. The van der Waals surface area contributed by atoms with E-state index in [1.807, 2.05) is 73.7 Å². The fourth-order valence-electron chi connectivity index (χ4n) is 13.6. The van der Waals surface area contributed by atoms with Gasteiger partial charge in [-0.05, 0) is 187 Å². The minimum Gasteiger partial charge on any atom is -0.505 e. The van der Waals surface area contributed by atoms with Crippen molar-refractivity contribution in [3.63, 3.8) is 0 Å². The molecule has 0 bridgehead atoms. The van der Waals surface area contributed by atoms with E-state index < -0.39 is 50.8 Å². The lowest BCUT2D eigenvalue weighted by Gasteiger charge is -2.25. The number of hydrogen-bond donors (Lipinski definition) is 3. The average molecular weight is 1640 g/mol. The molecule has 3 N–H and O–H groups in total. The number of benzene rings is 9. The summed E-state index contributed by atoms with van der Waals surface area (Å²) in [5.74, 6) is 0.231. The Bertz CT molecular complexity index is 7400. The molecule has 0 spiro atoms. The molecule has 1 aliphatic carbocycles. The third-order valence-electron chi connectivity index (χ3n) is 19.0. The Kier molecular flexibility index (Phi) is 19.4. The molecule has 0 unspecified atom stereocenters. The monoisotopic (exact) mass is 1630 g/mol. The van der Waals surface area contributed by atoms with Gasteiger partial charge in [-0.25, -0.2) is 29.3 Å². The number of aromatic hydroxyl groups is 3. The van der Waals surface area contributed by atoms with Gasteiger partial charge in [-0.3, -0.25) is 23.5 Å². The number of nitrogens with zero attached hydrogens (tertiary/aromatic N) is 6. The number of aryl methyl sites for hydroxylation is 3. The van der Waals surface area contributed by atoms with Crippen LogP contribution < -0.4 is 47.8 Å². The van der Waals surface area contributed by atoms with Gasteiger partial charge >= 0.3 is 16.9 Å². The van der Waals surface area contributed by atoms with Crippen LogP contribution in [0.5, 0.6) is 34.5 Å². The minimum absolute atomic E-state index is 0.0375. The van der Waals surface area contributed by atoms with E-state index in [9.17, 15) is 44.1 Å². The fourth-order valence-corrected chi connectivity index (χ4v) is 16.4. The van der Waals surface area contributed by atoms with Crippen LogP contribution in [0.1, 0.15) is 22.3 Å². The van der Waals surface area contributed by atoms with Crippen LogP contribution in [0.15, 0.2) is 280 Å². The third kappa shape index (κ3) is 13.5. The second-order valence-corrected chi connectivity index (χ2v) is 30.0. The lowest BCUT2D eigenvalue weighted by Crippen LogP contribution is -2.25. The highest BCUT2D eigenvalue weighted by Gasteiger charge is 2.32. The number of halogens is 3. The van der Waals surface area contributed by atoms with E-state index in [0.29, 0.717) is 123 Å². The van der Waals surface area contributed by atoms with Gasteiger partial charge < -0.3 is 60.6 Å². The molecule has 9 heterocycles. The number of oxazole rings is 3. The molecule has 0 aliphatic heterocycles. The van der Waals surface area contributed by atoms with Gasteiger partial charge in [0.2, 0.25) is 0 Å². The van der Waals surface area contributed by atoms with E-state index in [1.54, 1.807) is 151 Å². The van der Waals surface area contributed by atoms with Crippen molar-refractivity contribution >= 4 is 158 Å². The van der Waals surface area contributed by atoms with Crippen molar-refractivity contribution in [2.45, 2.75) is 56.7 Å². The Morgan fingerprint density at radius 3 is 1.39 bits per heavy atom. The van der Waals surface area contributed by atoms with E-state index in [-0.39, 0.29) is 69.8 Å². The van der Waals surface area contributed by atoms with Crippen molar-refractivity contribution in [1.29, 1.82) is 0 Å². The molecule has 9 aromatic heterocycles. The van der Waals surface area contributed by atoms with Crippen LogP contribution >= 0.6 is 70.1 Å². The number of methoxy groups -OCH3 is 3. The molecule has 566 valence electrons. The number of rotatable bonds is 13. The molecule has 0 saturated heterocycles. The Labute approximate surface area is 667 Å². The maximum atomic E-state index is 14.2. The molecule has 30 heteroatoms. The first-order chi connectivity index (χ1) is 55.2. The molecular weight excluding hydrogens is 1580 g/mol. The molecule has 19 rings (SSSR count). The molecule has 9 aromatic carbocycles. The number of fused-ring (bicyclic) bond motifs is 14. The first-order valence-electron chi connectivity index (χ1n) is 34.6. The lowest BCUT2D eigenvalue weighted by molar-refractivity contribution is 0.414. The standard InChI is InChI=1S/C30H19ClN2O6S.C27H17ClN2O7S.C27H17ClN2O5S/c1-37-18-10-8-17(9-11-18)33-24-19-5-3-2-4-15(19)6-12-20(24)26-23(28(33)35)25(34)27(29(36)39-26)40-30-32-21-13-7-16(31)14-22(21)38-30;1-34-15-6-4-14(5-7-15)30-19-10-8-16(35-2)12-17(19)23-21(25(30)32)22(31)24(26(33)37-23)38-27-29-18-9-3-13(28)11-20(18)36-27;1-14-7-9-17-19(11-14)30(13-15-5-3-2-4-6-15)25(32)21-22(31)24(26(33)35-23(17)21)36-27-29-18-10-8-16(28)12-20(18)34-27/h2-5,7-11,13-14,34H,6,12H2,1H3;3-12,31H,1-2H3;2-12,31H,13H2,1H3. The van der Waals surface area contributed by atoms with Crippen molar-refractivity contribution in [3.8, 4) is 57.1 Å². The molecule has 1 aliphatic rings. The fraction of sp³-hybridized carbons (Fsp3) is 0.0833. The van der Waals surface area contributed by atoms with Gasteiger partial charge in [0.1, 0.15) is 64.6 Å². The van der Waals surface area contributed by atoms with Crippen LogP contribution in [0.4, 0.5) is 0 Å². The van der Waals surface area contributed by atoms with Gasteiger partial charge in [0.15, 0.2) is 50.7 Å². The zero-order chi connectivity index (χ0) is 79.1. The predicted molar refractivity (Wildman–Crippen MR) is 435 cm³/mol.